The number of hydrogen-bond donors (Lipinski definition) is 3. The number of hydrogen-bond acceptors (Lipinski definition) is 3. The second kappa shape index (κ2) is 11.2. The van der Waals surface area contributed by atoms with Crippen molar-refractivity contribution in [3.8, 4) is 22.5 Å². The van der Waals surface area contributed by atoms with E-state index in [2.05, 4.69) is 64.6 Å². The van der Waals surface area contributed by atoms with E-state index < -0.39 is 0 Å². The van der Waals surface area contributed by atoms with Gasteiger partial charge in [0.1, 0.15) is 11.5 Å². The van der Waals surface area contributed by atoms with E-state index in [0.29, 0.717) is 5.92 Å². The Labute approximate surface area is 233 Å². The first-order chi connectivity index (χ1) is 19.2. The maximum Gasteiger partial charge on any atom is 0.124 e. The highest BCUT2D eigenvalue weighted by molar-refractivity contribution is 5.98. The molecule has 3 heterocycles. The van der Waals surface area contributed by atoms with Gasteiger partial charge in [-0.25, -0.2) is 4.39 Å². The van der Waals surface area contributed by atoms with Crippen LogP contribution in [-0.2, 0) is 0 Å². The van der Waals surface area contributed by atoms with E-state index in [0.717, 1.165) is 78.5 Å². The van der Waals surface area contributed by atoms with Crippen molar-refractivity contribution in [1.82, 2.24) is 20.2 Å². The molecule has 0 aliphatic rings. The van der Waals surface area contributed by atoms with E-state index in [1.165, 1.54) is 6.07 Å². The lowest BCUT2D eigenvalue weighted by Crippen LogP contribution is -2.21. The molecule has 5 nitrogen and oxygen atoms in total. The number of aromatic nitrogens is 4. The monoisotopic (exact) mass is 531 g/mol. The van der Waals surface area contributed by atoms with Gasteiger partial charge in [-0.1, -0.05) is 51.3 Å². The highest BCUT2D eigenvalue weighted by Gasteiger charge is 2.12. The minimum atomic E-state index is -0.242. The molecule has 0 amide bonds. The minimum absolute atomic E-state index is 0.242. The molecule has 0 saturated carbocycles. The summed E-state index contributed by atoms with van der Waals surface area (Å²) >= 11 is 0. The summed E-state index contributed by atoms with van der Waals surface area (Å²) in [7, 11) is 0. The smallest absolute Gasteiger partial charge is 0.124 e. The number of allylic oxidation sites excluding steroid dienone is 3. The average Bonchev–Trinajstić information content (AvgIpc) is 3.49. The summed E-state index contributed by atoms with van der Waals surface area (Å²) in [6.07, 6.45) is 8.58. The average molecular weight is 532 g/mol. The van der Waals surface area contributed by atoms with Gasteiger partial charge in [-0.05, 0) is 90.4 Å². The van der Waals surface area contributed by atoms with Gasteiger partial charge in [-0.15, -0.1) is 0 Å². The van der Waals surface area contributed by atoms with Crippen LogP contribution in [0, 0.1) is 18.7 Å². The van der Waals surface area contributed by atoms with Crippen molar-refractivity contribution >= 4 is 34.8 Å². The maximum absolute atomic E-state index is 14.1. The maximum atomic E-state index is 14.1. The molecular formula is C34H34FN5. The number of aromatic amines is 2. The van der Waals surface area contributed by atoms with Crippen LogP contribution in [0.2, 0.25) is 0 Å². The zero-order chi connectivity index (χ0) is 28.4. The van der Waals surface area contributed by atoms with Gasteiger partial charge in [0.2, 0.25) is 0 Å². The molecule has 0 radical (unpaired) electrons. The fourth-order valence-electron chi connectivity index (χ4n) is 4.94. The molecule has 0 saturated heterocycles. The molecule has 0 fully saturated rings. The summed E-state index contributed by atoms with van der Waals surface area (Å²) in [6, 6.07) is 15.2. The fourth-order valence-corrected chi connectivity index (χ4v) is 4.94. The Kier molecular flexibility index (Phi) is 7.52. The third-order valence-electron chi connectivity index (χ3n) is 6.84. The molecule has 5 aromatic rings. The van der Waals surface area contributed by atoms with Crippen LogP contribution in [0.4, 0.5) is 10.1 Å². The van der Waals surface area contributed by atoms with Crippen molar-refractivity contribution in [2.45, 2.75) is 34.1 Å². The largest absolute Gasteiger partial charge is 0.358 e. The number of nitrogens with zero attached hydrogens (tertiary/aromatic N) is 2. The third-order valence-corrected chi connectivity index (χ3v) is 6.84. The van der Waals surface area contributed by atoms with Gasteiger partial charge in [0.05, 0.1) is 22.9 Å². The number of fused-ring (bicyclic) bond motifs is 1. The number of aryl methyl sites for hydroxylation is 1. The van der Waals surface area contributed by atoms with E-state index in [1.807, 2.05) is 62.7 Å². The molecule has 202 valence electrons. The van der Waals surface area contributed by atoms with E-state index in [-0.39, 0.29) is 5.82 Å². The van der Waals surface area contributed by atoms with Crippen molar-refractivity contribution < 1.29 is 4.39 Å². The number of halogens is 1. The molecule has 40 heavy (non-hydrogen) atoms. The Morgan fingerprint density at radius 1 is 1.12 bits per heavy atom. The zero-order valence-electron chi connectivity index (χ0n) is 23.4. The first-order valence-electron chi connectivity index (χ1n) is 13.4. The molecule has 6 heteroatoms. The van der Waals surface area contributed by atoms with Crippen LogP contribution in [0.3, 0.4) is 0 Å². The van der Waals surface area contributed by atoms with E-state index in [9.17, 15) is 4.39 Å². The second-order valence-electron chi connectivity index (χ2n) is 10.7. The van der Waals surface area contributed by atoms with Crippen LogP contribution in [-0.4, -0.2) is 20.2 Å². The van der Waals surface area contributed by atoms with E-state index >= 15 is 0 Å². The van der Waals surface area contributed by atoms with E-state index in [1.54, 1.807) is 6.07 Å². The van der Waals surface area contributed by atoms with Gasteiger partial charge in [0.25, 0.3) is 0 Å². The topological polar surface area (TPSA) is 69.4 Å². The summed E-state index contributed by atoms with van der Waals surface area (Å²) < 4.78 is 14.1. The lowest BCUT2D eigenvalue weighted by molar-refractivity contribution is 0.627. The summed E-state index contributed by atoms with van der Waals surface area (Å²) in [4.78, 5) is 7.86. The van der Waals surface area contributed by atoms with Crippen LogP contribution in [0.1, 0.15) is 38.3 Å². The molecule has 0 spiro atoms. The number of benzene rings is 2. The Bertz CT molecular complexity index is 1830. The standard InChI is InChI=1S/C34H34FN5/c1-20(2)12-23(5)37-28-16-26(18-36-19-28)22(4)10-11-31-24(6)34(40-39-31)33-17-30-29(8-7-9-32(30)38-33)25-13-21(3)14-27(35)15-25/h7-11,13-20,37-39H,5-6,12H2,1-4H3/b22-10+,31-11+. The van der Waals surface area contributed by atoms with Gasteiger partial charge in [0.15, 0.2) is 0 Å². The number of rotatable bonds is 8. The van der Waals surface area contributed by atoms with Crippen molar-refractivity contribution in [1.29, 1.82) is 0 Å². The van der Waals surface area contributed by atoms with Crippen LogP contribution in [0.25, 0.3) is 51.6 Å². The van der Waals surface area contributed by atoms with Gasteiger partial charge < -0.3 is 10.3 Å². The van der Waals surface area contributed by atoms with Crippen LogP contribution >= 0.6 is 0 Å². The van der Waals surface area contributed by atoms with Gasteiger partial charge in [-0.3, -0.25) is 10.1 Å². The van der Waals surface area contributed by atoms with Crippen molar-refractivity contribution in [2.24, 2.45) is 5.92 Å². The number of anilines is 1. The second-order valence-corrected chi connectivity index (χ2v) is 10.7. The summed E-state index contributed by atoms with van der Waals surface area (Å²) in [6.45, 7) is 16.7. The molecule has 3 aromatic heterocycles. The Morgan fingerprint density at radius 2 is 1.95 bits per heavy atom. The fraction of sp³-hybridized carbons (Fsp3) is 0.176. The summed E-state index contributed by atoms with van der Waals surface area (Å²) in [5, 5.41) is 13.7. The number of nitrogens with one attached hydrogen (secondary N) is 3. The molecule has 0 bridgehead atoms. The van der Waals surface area contributed by atoms with E-state index in [4.69, 9.17) is 0 Å². The zero-order valence-corrected chi connectivity index (χ0v) is 23.4. The molecular weight excluding hydrogens is 497 g/mol. The Balaban J connectivity index is 1.44. The van der Waals surface area contributed by atoms with Crippen molar-refractivity contribution in [3.63, 3.8) is 0 Å². The van der Waals surface area contributed by atoms with Crippen molar-refractivity contribution in [3.05, 3.63) is 107 Å². The van der Waals surface area contributed by atoms with Gasteiger partial charge in [-0.2, -0.15) is 5.10 Å². The molecule has 3 N–H and O–H groups in total. The summed E-state index contributed by atoms with van der Waals surface area (Å²) in [5.41, 5.74) is 9.21. The van der Waals surface area contributed by atoms with Crippen molar-refractivity contribution in [2.75, 3.05) is 5.32 Å². The van der Waals surface area contributed by atoms with Gasteiger partial charge >= 0.3 is 0 Å². The van der Waals surface area contributed by atoms with Crippen LogP contribution in [0.15, 0.2) is 79.3 Å². The highest BCUT2D eigenvalue weighted by atomic mass is 19.1. The van der Waals surface area contributed by atoms with Crippen LogP contribution < -0.4 is 15.9 Å². The quantitative estimate of drug-likeness (QED) is 0.196. The Morgan fingerprint density at radius 3 is 2.73 bits per heavy atom. The Hall–Kier alpha value is -4.71. The predicted molar refractivity (Wildman–Crippen MR) is 165 cm³/mol. The summed E-state index contributed by atoms with van der Waals surface area (Å²) in [5.74, 6) is 0.293. The molecule has 2 aromatic carbocycles. The number of pyridine rings is 1. The van der Waals surface area contributed by atoms with Crippen LogP contribution in [0.5, 0.6) is 0 Å². The minimum Gasteiger partial charge on any atom is -0.358 e. The lowest BCUT2D eigenvalue weighted by atomic mass is 10.00. The third kappa shape index (κ3) is 5.81. The molecule has 5 rings (SSSR count). The molecule has 0 aliphatic carbocycles. The first kappa shape index (κ1) is 26.9. The number of H-pyrrole nitrogens is 2. The van der Waals surface area contributed by atoms with Gasteiger partial charge in [0, 0.05) is 28.0 Å². The lowest BCUT2D eigenvalue weighted by Gasteiger charge is -2.12. The highest BCUT2D eigenvalue weighted by Crippen LogP contribution is 2.32. The normalized spacial score (nSPS) is 12.4. The molecule has 0 unspecified atom stereocenters. The molecule has 0 atom stereocenters. The SMILES string of the molecule is C=C(CC(C)C)Nc1cncc(/C(C)=C/C=c2/[nH]nc(-c3cc4c(-c5cc(C)cc(F)c5)cccc4[nH]3)c2=C)c1. The predicted octanol–water partition coefficient (Wildman–Crippen LogP) is 7.33. The molecule has 0 aliphatic heterocycles. The first-order valence-corrected chi connectivity index (χ1v) is 13.4.